The Morgan fingerprint density at radius 3 is 2.33 bits per heavy atom. The summed E-state index contributed by atoms with van der Waals surface area (Å²) >= 11 is 0. The standard InChI is InChI=1S/C24H34N4O5/c1-6-32-24(31)27-11-9-26(10-12-27)22(29)16-33-23(30)21(15-25)14-20-13-18(4)28(19(20)5)8-7-17(2)3/h13-14,17H,6-12,16H2,1-5H3/b21-14+. The predicted molar refractivity (Wildman–Crippen MR) is 123 cm³/mol. The molecule has 1 aliphatic rings. The van der Waals surface area contributed by atoms with Gasteiger partial charge in [-0.15, -0.1) is 0 Å². The largest absolute Gasteiger partial charge is 0.451 e. The Balaban J connectivity index is 1.94. The second kappa shape index (κ2) is 12.1. The summed E-state index contributed by atoms with van der Waals surface area (Å²) in [5, 5.41) is 9.47. The van der Waals surface area contributed by atoms with E-state index in [9.17, 15) is 19.6 Å². The van der Waals surface area contributed by atoms with Crippen molar-refractivity contribution in [1.82, 2.24) is 14.4 Å². The fraction of sp³-hybridized carbons (Fsp3) is 0.583. The van der Waals surface area contributed by atoms with E-state index in [1.165, 1.54) is 15.9 Å². The molecule has 33 heavy (non-hydrogen) atoms. The first kappa shape index (κ1) is 26.0. The van der Waals surface area contributed by atoms with Crippen molar-refractivity contribution in [3.63, 3.8) is 0 Å². The van der Waals surface area contributed by atoms with Gasteiger partial charge in [0.1, 0.15) is 11.6 Å². The lowest BCUT2D eigenvalue weighted by molar-refractivity contribution is -0.149. The zero-order valence-electron chi connectivity index (χ0n) is 20.2. The number of piperazine rings is 1. The van der Waals surface area contributed by atoms with Gasteiger partial charge >= 0.3 is 12.1 Å². The van der Waals surface area contributed by atoms with Crippen molar-refractivity contribution >= 4 is 24.0 Å². The number of nitriles is 1. The quantitative estimate of drug-likeness (QED) is 0.337. The van der Waals surface area contributed by atoms with Gasteiger partial charge in [0.05, 0.1) is 6.61 Å². The summed E-state index contributed by atoms with van der Waals surface area (Å²) in [6.07, 6.45) is 2.14. The molecule has 2 amide bonds. The highest BCUT2D eigenvalue weighted by atomic mass is 16.6. The number of esters is 1. The van der Waals surface area contributed by atoms with Crippen LogP contribution in [0.4, 0.5) is 4.79 Å². The van der Waals surface area contributed by atoms with E-state index in [4.69, 9.17) is 9.47 Å². The van der Waals surface area contributed by atoms with Crippen LogP contribution in [-0.4, -0.2) is 71.7 Å². The van der Waals surface area contributed by atoms with Gasteiger partial charge < -0.3 is 23.8 Å². The molecule has 0 unspecified atom stereocenters. The van der Waals surface area contributed by atoms with Crippen LogP contribution in [0, 0.1) is 31.1 Å². The summed E-state index contributed by atoms with van der Waals surface area (Å²) in [5.74, 6) is -0.625. The summed E-state index contributed by atoms with van der Waals surface area (Å²) < 4.78 is 12.3. The zero-order valence-corrected chi connectivity index (χ0v) is 20.2. The fourth-order valence-corrected chi connectivity index (χ4v) is 3.65. The number of nitrogens with zero attached hydrogens (tertiary/aromatic N) is 4. The molecule has 1 fully saturated rings. The van der Waals surface area contributed by atoms with Crippen molar-refractivity contribution in [2.45, 2.75) is 47.6 Å². The van der Waals surface area contributed by atoms with Crippen molar-refractivity contribution in [3.8, 4) is 6.07 Å². The SMILES string of the molecule is CCOC(=O)N1CCN(C(=O)COC(=O)/C(C#N)=C/c2cc(C)n(CCC(C)C)c2C)CC1. The average Bonchev–Trinajstić information content (AvgIpc) is 3.06. The van der Waals surface area contributed by atoms with Crippen LogP contribution < -0.4 is 0 Å². The van der Waals surface area contributed by atoms with Gasteiger partial charge in [0, 0.05) is 44.1 Å². The van der Waals surface area contributed by atoms with Crippen molar-refractivity contribution in [2.75, 3.05) is 39.4 Å². The molecule has 9 heteroatoms. The van der Waals surface area contributed by atoms with E-state index in [1.807, 2.05) is 26.0 Å². The highest BCUT2D eigenvalue weighted by Gasteiger charge is 2.25. The molecule has 1 saturated heterocycles. The van der Waals surface area contributed by atoms with E-state index >= 15 is 0 Å². The zero-order chi connectivity index (χ0) is 24.5. The van der Waals surface area contributed by atoms with Gasteiger partial charge in [-0.1, -0.05) is 13.8 Å². The topological polar surface area (TPSA) is 105 Å². The van der Waals surface area contributed by atoms with Crippen molar-refractivity contribution in [2.24, 2.45) is 5.92 Å². The molecule has 0 N–H and O–H groups in total. The van der Waals surface area contributed by atoms with Gasteiger partial charge in [0.2, 0.25) is 0 Å². The first-order valence-corrected chi connectivity index (χ1v) is 11.3. The predicted octanol–water partition coefficient (Wildman–Crippen LogP) is 2.90. The number of aromatic nitrogens is 1. The third-order valence-corrected chi connectivity index (χ3v) is 5.67. The maximum absolute atomic E-state index is 12.4. The van der Waals surface area contributed by atoms with Gasteiger partial charge in [0.15, 0.2) is 6.61 Å². The van der Waals surface area contributed by atoms with Crippen molar-refractivity contribution in [3.05, 3.63) is 28.6 Å². The second-order valence-electron chi connectivity index (χ2n) is 8.47. The van der Waals surface area contributed by atoms with Gasteiger partial charge in [-0.05, 0) is 50.8 Å². The molecule has 0 spiro atoms. The summed E-state index contributed by atoms with van der Waals surface area (Å²) in [5.41, 5.74) is 2.66. The molecule has 2 heterocycles. The average molecular weight is 459 g/mol. The molecule has 0 aromatic carbocycles. The molecule has 1 aromatic heterocycles. The van der Waals surface area contributed by atoms with E-state index < -0.39 is 18.7 Å². The highest BCUT2D eigenvalue weighted by molar-refractivity contribution is 5.99. The lowest BCUT2D eigenvalue weighted by atomic mass is 10.1. The monoisotopic (exact) mass is 458 g/mol. The van der Waals surface area contributed by atoms with Gasteiger partial charge in [-0.25, -0.2) is 9.59 Å². The van der Waals surface area contributed by atoms with Crippen LogP contribution in [0.1, 0.15) is 44.1 Å². The van der Waals surface area contributed by atoms with Gasteiger partial charge in [0.25, 0.3) is 5.91 Å². The first-order valence-electron chi connectivity index (χ1n) is 11.3. The molecule has 9 nitrogen and oxygen atoms in total. The van der Waals surface area contributed by atoms with Crippen LogP contribution in [0.5, 0.6) is 0 Å². The number of hydrogen-bond acceptors (Lipinski definition) is 6. The third-order valence-electron chi connectivity index (χ3n) is 5.67. The normalized spacial score (nSPS) is 14.3. The van der Waals surface area contributed by atoms with Crippen LogP contribution in [0.2, 0.25) is 0 Å². The molecule has 0 aliphatic carbocycles. The molecule has 0 saturated carbocycles. The van der Waals surface area contributed by atoms with Crippen LogP contribution in [-0.2, 0) is 25.6 Å². The van der Waals surface area contributed by atoms with Crippen LogP contribution in [0.25, 0.3) is 6.08 Å². The Kier molecular flexibility index (Phi) is 9.52. The number of hydrogen-bond donors (Lipinski definition) is 0. The second-order valence-corrected chi connectivity index (χ2v) is 8.47. The number of amides is 2. The number of carbonyl (C=O) groups excluding carboxylic acids is 3. The summed E-state index contributed by atoms with van der Waals surface area (Å²) in [6.45, 7) is 12.1. The van der Waals surface area contributed by atoms with Crippen LogP contribution in [0.15, 0.2) is 11.6 Å². The molecule has 1 aromatic rings. The van der Waals surface area contributed by atoms with E-state index in [-0.39, 0.29) is 11.5 Å². The molecule has 180 valence electrons. The Morgan fingerprint density at radius 1 is 1.12 bits per heavy atom. The Labute approximate surface area is 195 Å². The lowest BCUT2D eigenvalue weighted by Gasteiger charge is -2.33. The minimum Gasteiger partial charge on any atom is -0.451 e. The molecular formula is C24H34N4O5. The van der Waals surface area contributed by atoms with E-state index in [1.54, 1.807) is 6.92 Å². The summed E-state index contributed by atoms with van der Waals surface area (Å²) in [6, 6.07) is 3.82. The molecule has 0 radical (unpaired) electrons. The summed E-state index contributed by atoms with van der Waals surface area (Å²) in [4.78, 5) is 39.7. The van der Waals surface area contributed by atoms with Crippen LogP contribution >= 0.6 is 0 Å². The van der Waals surface area contributed by atoms with Gasteiger partial charge in [-0.2, -0.15) is 5.26 Å². The molecule has 0 bridgehead atoms. The van der Waals surface area contributed by atoms with E-state index in [0.29, 0.717) is 38.7 Å². The maximum Gasteiger partial charge on any atom is 0.409 e. The van der Waals surface area contributed by atoms with Crippen molar-refractivity contribution < 1.29 is 23.9 Å². The smallest absolute Gasteiger partial charge is 0.409 e. The fourth-order valence-electron chi connectivity index (χ4n) is 3.65. The number of rotatable bonds is 8. The lowest BCUT2D eigenvalue weighted by Crippen LogP contribution is -2.51. The minimum atomic E-state index is -0.831. The van der Waals surface area contributed by atoms with Gasteiger partial charge in [-0.3, -0.25) is 4.79 Å². The van der Waals surface area contributed by atoms with Crippen LogP contribution in [0.3, 0.4) is 0 Å². The molecule has 2 rings (SSSR count). The Hall–Kier alpha value is -3.28. The number of ether oxygens (including phenoxy) is 2. The summed E-state index contributed by atoms with van der Waals surface area (Å²) in [7, 11) is 0. The molecular weight excluding hydrogens is 424 g/mol. The number of carbonyl (C=O) groups is 3. The molecule has 1 aliphatic heterocycles. The number of aryl methyl sites for hydroxylation is 1. The minimum absolute atomic E-state index is 0.154. The molecule has 0 atom stereocenters. The first-order chi connectivity index (χ1) is 15.7. The Bertz CT molecular complexity index is 933. The maximum atomic E-state index is 12.4. The Morgan fingerprint density at radius 2 is 1.76 bits per heavy atom. The van der Waals surface area contributed by atoms with E-state index in [2.05, 4.69) is 18.4 Å². The van der Waals surface area contributed by atoms with Crippen molar-refractivity contribution in [1.29, 1.82) is 5.26 Å². The highest BCUT2D eigenvalue weighted by Crippen LogP contribution is 2.20. The van der Waals surface area contributed by atoms with E-state index in [0.717, 1.165) is 29.9 Å². The third kappa shape index (κ3) is 7.11.